The molecular formula is C24H17ClN4O5S. The van der Waals surface area contributed by atoms with E-state index in [1.54, 1.807) is 55.6 Å². The zero-order valence-corrected chi connectivity index (χ0v) is 19.7. The van der Waals surface area contributed by atoms with Gasteiger partial charge in [0, 0.05) is 33.5 Å². The van der Waals surface area contributed by atoms with E-state index in [0.29, 0.717) is 21.3 Å². The Labute approximate surface area is 208 Å². The van der Waals surface area contributed by atoms with E-state index >= 15 is 0 Å². The molecule has 4 aromatic rings. The molecule has 0 fully saturated rings. The number of fused-ring (bicyclic) bond motifs is 1. The van der Waals surface area contributed by atoms with Crippen molar-refractivity contribution in [2.45, 2.75) is 0 Å². The van der Waals surface area contributed by atoms with E-state index in [1.807, 2.05) is 0 Å². The lowest BCUT2D eigenvalue weighted by molar-refractivity contribution is -0.384. The molecule has 0 saturated carbocycles. The third-order valence-electron chi connectivity index (χ3n) is 4.93. The van der Waals surface area contributed by atoms with E-state index in [1.165, 1.54) is 24.4 Å². The number of nitrogens with zero attached hydrogens (tertiary/aromatic N) is 2. The van der Waals surface area contributed by atoms with Crippen LogP contribution in [0.2, 0.25) is 5.02 Å². The number of methoxy groups -OCH3 is 1. The van der Waals surface area contributed by atoms with Crippen LogP contribution in [0.4, 0.5) is 11.4 Å². The monoisotopic (exact) mass is 508 g/mol. The number of ether oxygens (including phenoxy) is 1. The fourth-order valence-electron chi connectivity index (χ4n) is 3.13. The van der Waals surface area contributed by atoms with Gasteiger partial charge in [-0.25, -0.2) is 5.43 Å². The van der Waals surface area contributed by atoms with Crippen molar-refractivity contribution in [2.24, 2.45) is 5.10 Å². The minimum atomic E-state index is -0.505. The van der Waals surface area contributed by atoms with Gasteiger partial charge in [0.25, 0.3) is 17.5 Å². The molecule has 0 unspecified atom stereocenters. The zero-order valence-electron chi connectivity index (χ0n) is 18.2. The summed E-state index contributed by atoms with van der Waals surface area (Å²) in [7, 11) is 1.58. The first-order valence-corrected chi connectivity index (χ1v) is 11.3. The van der Waals surface area contributed by atoms with Crippen LogP contribution in [0, 0.1) is 10.1 Å². The number of rotatable bonds is 7. The maximum absolute atomic E-state index is 12.7. The minimum Gasteiger partial charge on any atom is -0.497 e. The van der Waals surface area contributed by atoms with Gasteiger partial charge in [0.1, 0.15) is 10.6 Å². The molecule has 176 valence electrons. The van der Waals surface area contributed by atoms with Crippen LogP contribution in [0.5, 0.6) is 5.75 Å². The first-order valence-electron chi connectivity index (χ1n) is 10.1. The van der Waals surface area contributed by atoms with Gasteiger partial charge < -0.3 is 10.1 Å². The summed E-state index contributed by atoms with van der Waals surface area (Å²) >= 11 is 7.40. The molecule has 2 N–H and O–H groups in total. The summed E-state index contributed by atoms with van der Waals surface area (Å²) in [5.74, 6) is -0.154. The van der Waals surface area contributed by atoms with Gasteiger partial charge in [0.2, 0.25) is 0 Å². The van der Waals surface area contributed by atoms with Crippen LogP contribution in [0.25, 0.3) is 10.1 Å². The number of nitro groups is 1. The van der Waals surface area contributed by atoms with Gasteiger partial charge in [0.15, 0.2) is 0 Å². The van der Waals surface area contributed by atoms with Crippen molar-refractivity contribution in [3.63, 3.8) is 0 Å². The van der Waals surface area contributed by atoms with E-state index in [2.05, 4.69) is 15.8 Å². The number of benzene rings is 3. The fourth-order valence-corrected chi connectivity index (χ4v) is 4.57. The minimum absolute atomic E-state index is 0.0791. The van der Waals surface area contributed by atoms with Crippen LogP contribution in [0.15, 0.2) is 71.8 Å². The smallest absolute Gasteiger partial charge is 0.271 e. The summed E-state index contributed by atoms with van der Waals surface area (Å²) in [6, 6.07) is 17.7. The molecule has 11 heteroatoms. The molecule has 0 aliphatic rings. The molecule has 1 heterocycles. The fraction of sp³-hybridized carbons (Fsp3) is 0.0417. The predicted molar refractivity (Wildman–Crippen MR) is 136 cm³/mol. The lowest BCUT2D eigenvalue weighted by atomic mass is 10.2. The summed E-state index contributed by atoms with van der Waals surface area (Å²) in [4.78, 5) is 35.8. The van der Waals surface area contributed by atoms with Crippen molar-refractivity contribution >= 4 is 62.4 Å². The highest BCUT2D eigenvalue weighted by atomic mass is 35.5. The normalized spacial score (nSPS) is 10.9. The number of carbonyl (C=O) groups excluding carboxylic acids is 2. The molecular weight excluding hydrogens is 492 g/mol. The molecule has 0 aliphatic heterocycles. The first-order chi connectivity index (χ1) is 16.9. The van der Waals surface area contributed by atoms with E-state index < -0.39 is 16.7 Å². The number of hydrazone groups is 1. The second kappa shape index (κ2) is 10.3. The van der Waals surface area contributed by atoms with Crippen molar-refractivity contribution in [3.05, 3.63) is 97.9 Å². The van der Waals surface area contributed by atoms with Gasteiger partial charge in [-0.2, -0.15) is 5.10 Å². The SMILES string of the molecule is COc1ccc(/C=N\NC(=O)c2ccc(NC(=O)c3sc4cc([N+](=O)[O-])ccc4c3Cl)cc2)cc1. The second-order valence-corrected chi connectivity index (χ2v) is 8.62. The number of carbonyl (C=O) groups is 2. The Bertz CT molecular complexity index is 1450. The van der Waals surface area contributed by atoms with E-state index in [-0.39, 0.29) is 15.6 Å². The summed E-state index contributed by atoms with van der Waals surface area (Å²) < 4.78 is 5.63. The Morgan fingerprint density at radius 3 is 2.43 bits per heavy atom. The number of anilines is 1. The van der Waals surface area contributed by atoms with E-state index in [9.17, 15) is 19.7 Å². The highest BCUT2D eigenvalue weighted by Gasteiger charge is 2.19. The van der Waals surface area contributed by atoms with Crippen molar-refractivity contribution in [1.29, 1.82) is 0 Å². The van der Waals surface area contributed by atoms with Crippen molar-refractivity contribution < 1.29 is 19.2 Å². The number of nitrogens with one attached hydrogen (secondary N) is 2. The molecule has 9 nitrogen and oxygen atoms in total. The third-order valence-corrected chi connectivity index (χ3v) is 6.59. The van der Waals surface area contributed by atoms with Gasteiger partial charge in [-0.15, -0.1) is 11.3 Å². The molecule has 0 spiro atoms. The van der Waals surface area contributed by atoms with Gasteiger partial charge in [0.05, 0.1) is 23.3 Å². The lowest BCUT2D eigenvalue weighted by Gasteiger charge is -2.05. The molecule has 35 heavy (non-hydrogen) atoms. The molecule has 2 amide bonds. The maximum atomic E-state index is 12.7. The number of nitro benzene ring substituents is 1. The summed E-state index contributed by atoms with van der Waals surface area (Å²) in [5.41, 5.74) is 3.96. The molecule has 0 bridgehead atoms. The van der Waals surface area contributed by atoms with Gasteiger partial charge >= 0.3 is 0 Å². The van der Waals surface area contributed by atoms with Crippen LogP contribution in [0.3, 0.4) is 0 Å². The third kappa shape index (κ3) is 5.45. The molecule has 1 aromatic heterocycles. The second-order valence-electron chi connectivity index (χ2n) is 7.19. The highest BCUT2D eigenvalue weighted by molar-refractivity contribution is 7.21. The number of hydrogen-bond acceptors (Lipinski definition) is 7. The number of hydrogen-bond donors (Lipinski definition) is 2. The molecule has 0 saturated heterocycles. The molecule has 0 radical (unpaired) electrons. The highest BCUT2D eigenvalue weighted by Crippen LogP contribution is 2.37. The van der Waals surface area contributed by atoms with E-state index in [0.717, 1.165) is 22.6 Å². The topological polar surface area (TPSA) is 123 Å². The number of non-ortho nitro benzene ring substituents is 1. The summed E-state index contributed by atoms with van der Waals surface area (Å²) in [5, 5.41) is 18.4. The van der Waals surface area contributed by atoms with Crippen molar-refractivity contribution in [3.8, 4) is 5.75 Å². The van der Waals surface area contributed by atoms with Crippen LogP contribution >= 0.6 is 22.9 Å². The van der Waals surface area contributed by atoms with Crippen LogP contribution in [-0.4, -0.2) is 30.1 Å². The van der Waals surface area contributed by atoms with Crippen LogP contribution < -0.4 is 15.5 Å². The Morgan fingerprint density at radius 2 is 1.77 bits per heavy atom. The molecule has 3 aromatic carbocycles. The summed E-state index contributed by atoms with van der Waals surface area (Å²) in [6.45, 7) is 0. The van der Waals surface area contributed by atoms with Gasteiger partial charge in [-0.05, 0) is 60.2 Å². The Balaban J connectivity index is 1.40. The predicted octanol–water partition coefficient (Wildman–Crippen LogP) is 5.49. The average Bonchev–Trinajstić information content (AvgIpc) is 3.20. The Kier molecular flexibility index (Phi) is 7.04. The maximum Gasteiger partial charge on any atom is 0.271 e. The zero-order chi connectivity index (χ0) is 24.9. The molecule has 0 atom stereocenters. The van der Waals surface area contributed by atoms with E-state index in [4.69, 9.17) is 16.3 Å². The first kappa shape index (κ1) is 23.9. The van der Waals surface area contributed by atoms with Crippen molar-refractivity contribution in [1.82, 2.24) is 5.43 Å². The van der Waals surface area contributed by atoms with Crippen molar-refractivity contribution in [2.75, 3.05) is 12.4 Å². The van der Waals surface area contributed by atoms with Gasteiger partial charge in [-0.3, -0.25) is 19.7 Å². The average molecular weight is 509 g/mol. The number of thiophene rings is 1. The summed E-state index contributed by atoms with van der Waals surface area (Å²) in [6.07, 6.45) is 1.51. The van der Waals surface area contributed by atoms with Crippen LogP contribution in [0.1, 0.15) is 25.6 Å². The Morgan fingerprint density at radius 1 is 1.06 bits per heavy atom. The van der Waals surface area contributed by atoms with Gasteiger partial charge in [-0.1, -0.05) is 11.6 Å². The largest absolute Gasteiger partial charge is 0.497 e. The molecule has 0 aliphatic carbocycles. The quantitative estimate of drug-likeness (QED) is 0.194. The Hall–Kier alpha value is -4.28. The van der Waals surface area contributed by atoms with Crippen LogP contribution in [-0.2, 0) is 0 Å². The standard InChI is InChI=1S/C24H17ClN4O5S/c1-34-18-9-2-14(3-10-18)13-26-28-23(30)15-4-6-16(7-5-15)27-24(31)22-21(25)19-11-8-17(29(32)33)12-20(19)35-22/h2-13H,1H3,(H,27,31)(H,28,30)/b26-13-. The molecule has 4 rings (SSSR count). The number of amides is 2. The lowest BCUT2D eigenvalue weighted by Crippen LogP contribution is -2.17. The number of halogens is 1.